The molecule has 0 saturated heterocycles. The van der Waals surface area contributed by atoms with Gasteiger partial charge in [-0.3, -0.25) is 0 Å². The second-order valence-corrected chi connectivity index (χ2v) is 7.82. The highest BCUT2D eigenvalue weighted by Gasteiger charge is 2.40. The van der Waals surface area contributed by atoms with E-state index in [-0.39, 0.29) is 4.90 Å². The Kier molecular flexibility index (Phi) is 3.46. The number of benzene rings is 1. The van der Waals surface area contributed by atoms with Gasteiger partial charge in [-0.25, -0.2) is 13.1 Å². The zero-order valence-electron chi connectivity index (χ0n) is 10.4. The highest BCUT2D eigenvalue weighted by Crippen LogP contribution is 2.40. The van der Waals surface area contributed by atoms with Crippen LogP contribution in [-0.4, -0.2) is 14.0 Å². The van der Waals surface area contributed by atoms with Gasteiger partial charge in [-0.2, -0.15) is 0 Å². The van der Waals surface area contributed by atoms with Crippen LogP contribution in [0.5, 0.6) is 0 Å². The SMILES string of the molecule is CC(C)(NS(=O)(=O)c1ccc(Br)c(N)c1)C1CC1. The summed E-state index contributed by atoms with van der Waals surface area (Å²) in [5.41, 5.74) is 5.73. The molecule has 18 heavy (non-hydrogen) atoms. The van der Waals surface area contributed by atoms with Crippen LogP contribution in [0.25, 0.3) is 0 Å². The zero-order valence-corrected chi connectivity index (χ0v) is 12.8. The van der Waals surface area contributed by atoms with Crippen LogP contribution in [0, 0.1) is 5.92 Å². The molecule has 1 aromatic rings. The molecule has 0 radical (unpaired) electrons. The third-order valence-corrected chi connectivity index (χ3v) is 5.66. The molecule has 0 amide bonds. The monoisotopic (exact) mass is 332 g/mol. The van der Waals surface area contributed by atoms with Gasteiger partial charge < -0.3 is 5.73 Å². The first-order valence-electron chi connectivity index (χ1n) is 5.81. The first kappa shape index (κ1) is 13.8. The smallest absolute Gasteiger partial charge is 0.241 e. The lowest BCUT2D eigenvalue weighted by atomic mass is 10.0. The summed E-state index contributed by atoms with van der Waals surface area (Å²) in [5.74, 6) is 0.431. The highest BCUT2D eigenvalue weighted by atomic mass is 79.9. The van der Waals surface area contributed by atoms with Gasteiger partial charge in [-0.05, 0) is 66.7 Å². The summed E-state index contributed by atoms with van der Waals surface area (Å²) >= 11 is 3.25. The summed E-state index contributed by atoms with van der Waals surface area (Å²) in [6, 6.07) is 4.66. The van der Waals surface area contributed by atoms with Crippen LogP contribution in [0.2, 0.25) is 0 Å². The molecule has 0 aromatic heterocycles. The van der Waals surface area contributed by atoms with E-state index in [0.717, 1.165) is 12.8 Å². The number of rotatable bonds is 4. The van der Waals surface area contributed by atoms with Crippen LogP contribution in [0.4, 0.5) is 5.69 Å². The highest BCUT2D eigenvalue weighted by molar-refractivity contribution is 9.10. The van der Waals surface area contributed by atoms with E-state index in [2.05, 4.69) is 20.7 Å². The van der Waals surface area contributed by atoms with E-state index in [9.17, 15) is 8.42 Å². The average molecular weight is 333 g/mol. The normalized spacial score (nSPS) is 16.8. The Balaban J connectivity index is 2.27. The van der Waals surface area contributed by atoms with Crippen LogP contribution in [0.1, 0.15) is 26.7 Å². The molecule has 0 heterocycles. The molecule has 100 valence electrons. The topological polar surface area (TPSA) is 72.2 Å². The van der Waals surface area contributed by atoms with Gasteiger partial charge in [-0.15, -0.1) is 0 Å². The maximum absolute atomic E-state index is 12.3. The largest absolute Gasteiger partial charge is 0.398 e. The lowest BCUT2D eigenvalue weighted by molar-refractivity contribution is 0.400. The molecule has 0 spiro atoms. The molecule has 4 nitrogen and oxygen atoms in total. The third kappa shape index (κ3) is 2.87. The van der Waals surface area contributed by atoms with Crippen molar-refractivity contribution >= 4 is 31.6 Å². The molecule has 0 bridgehead atoms. The molecule has 6 heteroatoms. The van der Waals surface area contributed by atoms with E-state index >= 15 is 0 Å². The Morgan fingerprint density at radius 1 is 1.39 bits per heavy atom. The summed E-state index contributed by atoms with van der Waals surface area (Å²) in [5, 5.41) is 0. The van der Waals surface area contributed by atoms with Crippen LogP contribution in [0.3, 0.4) is 0 Å². The Morgan fingerprint density at radius 2 is 2.00 bits per heavy atom. The molecule has 0 unspecified atom stereocenters. The zero-order chi connectivity index (χ0) is 13.6. The number of nitrogens with two attached hydrogens (primary N) is 1. The molecular weight excluding hydrogens is 316 g/mol. The summed E-state index contributed by atoms with van der Waals surface area (Å²) in [6.45, 7) is 3.84. The Bertz CT molecular complexity index is 565. The van der Waals surface area contributed by atoms with Crippen LogP contribution in [-0.2, 0) is 10.0 Å². The molecule has 1 saturated carbocycles. The Morgan fingerprint density at radius 3 is 2.50 bits per heavy atom. The van der Waals surface area contributed by atoms with E-state index in [1.807, 2.05) is 13.8 Å². The second-order valence-electron chi connectivity index (χ2n) is 5.28. The Hall–Kier alpha value is -0.590. The van der Waals surface area contributed by atoms with Crippen molar-refractivity contribution in [2.45, 2.75) is 37.1 Å². The Labute approximate surface area is 116 Å². The maximum atomic E-state index is 12.3. The second kappa shape index (κ2) is 4.51. The van der Waals surface area contributed by atoms with Crippen molar-refractivity contribution in [1.29, 1.82) is 0 Å². The lowest BCUT2D eigenvalue weighted by Crippen LogP contribution is -2.45. The van der Waals surface area contributed by atoms with Gasteiger partial charge in [0.05, 0.1) is 4.90 Å². The molecule has 0 atom stereocenters. The summed E-state index contributed by atoms with van der Waals surface area (Å²) in [7, 11) is -3.51. The van der Waals surface area contributed by atoms with Gasteiger partial charge in [0.2, 0.25) is 10.0 Å². The van der Waals surface area contributed by atoms with Crippen molar-refractivity contribution in [3.05, 3.63) is 22.7 Å². The number of nitrogens with one attached hydrogen (secondary N) is 1. The number of hydrogen-bond donors (Lipinski definition) is 2. The molecule has 1 aliphatic carbocycles. The van der Waals surface area contributed by atoms with Gasteiger partial charge in [0.15, 0.2) is 0 Å². The van der Waals surface area contributed by atoms with Crippen molar-refractivity contribution in [2.24, 2.45) is 5.92 Å². The molecule has 0 aliphatic heterocycles. The van der Waals surface area contributed by atoms with Crippen LogP contribution >= 0.6 is 15.9 Å². The van der Waals surface area contributed by atoms with E-state index in [1.165, 1.54) is 6.07 Å². The standard InChI is InChI=1S/C12H17BrN2O2S/c1-12(2,8-3-4-8)15-18(16,17)9-5-6-10(13)11(14)7-9/h5-8,15H,3-4,14H2,1-2H3. The van der Waals surface area contributed by atoms with E-state index in [4.69, 9.17) is 5.73 Å². The summed E-state index contributed by atoms with van der Waals surface area (Å²) in [4.78, 5) is 0.205. The van der Waals surface area contributed by atoms with Crippen LogP contribution < -0.4 is 10.5 Å². The maximum Gasteiger partial charge on any atom is 0.241 e. The number of sulfonamides is 1. The van der Waals surface area contributed by atoms with Crippen molar-refractivity contribution < 1.29 is 8.42 Å². The molecule has 3 N–H and O–H groups in total. The lowest BCUT2D eigenvalue weighted by Gasteiger charge is -2.25. The number of hydrogen-bond acceptors (Lipinski definition) is 3. The third-order valence-electron chi connectivity index (χ3n) is 3.27. The predicted octanol–water partition coefficient (Wildman–Crippen LogP) is 2.50. The minimum Gasteiger partial charge on any atom is -0.398 e. The number of halogens is 1. The molecule has 1 aliphatic rings. The first-order valence-corrected chi connectivity index (χ1v) is 8.09. The summed E-state index contributed by atoms with van der Waals surface area (Å²) < 4.78 is 28.0. The minimum atomic E-state index is -3.51. The van der Waals surface area contributed by atoms with Crippen molar-refractivity contribution in [3.63, 3.8) is 0 Å². The van der Waals surface area contributed by atoms with E-state index in [0.29, 0.717) is 16.1 Å². The van der Waals surface area contributed by atoms with Crippen molar-refractivity contribution in [1.82, 2.24) is 4.72 Å². The van der Waals surface area contributed by atoms with Gasteiger partial charge in [0.25, 0.3) is 0 Å². The quantitative estimate of drug-likeness (QED) is 0.832. The fraction of sp³-hybridized carbons (Fsp3) is 0.500. The van der Waals surface area contributed by atoms with E-state index < -0.39 is 15.6 Å². The minimum absolute atomic E-state index is 0.205. The first-order chi connectivity index (χ1) is 8.22. The van der Waals surface area contributed by atoms with Gasteiger partial charge in [0, 0.05) is 15.7 Å². The molecular formula is C12H17BrN2O2S. The van der Waals surface area contributed by atoms with Crippen molar-refractivity contribution in [2.75, 3.05) is 5.73 Å². The average Bonchev–Trinajstić information content (AvgIpc) is 3.03. The van der Waals surface area contributed by atoms with Crippen LogP contribution in [0.15, 0.2) is 27.6 Å². The summed E-state index contributed by atoms with van der Waals surface area (Å²) in [6.07, 6.45) is 2.16. The van der Waals surface area contributed by atoms with Gasteiger partial charge in [0.1, 0.15) is 0 Å². The predicted molar refractivity (Wildman–Crippen MR) is 75.7 cm³/mol. The van der Waals surface area contributed by atoms with Gasteiger partial charge in [-0.1, -0.05) is 0 Å². The number of nitrogen functional groups attached to an aromatic ring is 1. The van der Waals surface area contributed by atoms with E-state index in [1.54, 1.807) is 12.1 Å². The molecule has 1 aromatic carbocycles. The molecule has 1 fully saturated rings. The fourth-order valence-corrected chi connectivity index (χ4v) is 3.74. The van der Waals surface area contributed by atoms with Crippen molar-refractivity contribution in [3.8, 4) is 0 Å². The van der Waals surface area contributed by atoms with Gasteiger partial charge >= 0.3 is 0 Å². The molecule has 2 rings (SSSR count). The number of anilines is 1. The fourth-order valence-electron chi connectivity index (χ4n) is 1.98.